The number of aromatic nitrogens is 3. The molecule has 1 unspecified atom stereocenters. The van der Waals surface area contributed by atoms with Gasteiger partial charge >= 0.3 is 0 Å². The normalized spacial score (nSPS) is 12.7. The predicted octanol–water partition coefficient (Wildman–Crippen LogP) is 2.53. The first kappa shape index (κ1) is 24.1. The molecule has 0 radical (unpaired) electrons. The Labute approximate surface area is 196 Å². The van der Waals surface area contributed by atoms with Crippen LogP contribution in [0.2, 0.25) is 0 Å². The number of nitrogens with one attached hydrogen (secondary N) is 1. The number of nitrogen functional groups attached to an aromatic ring is 1. The van der Waals surface area contributed by atoms with E-state index in [1.165, 1.54) is 22.7 Å². The van der Waals surface area contributed by atoms with Crippen molar-refractivity contribution in [2.75, 3.05) is 11.1 Å². The summed E-state index contributed by atoms with van der Waals surface area (Å²) in [7, 11) is 0. The number of hydrogen-bond acceptors (Lipinski definition) is 7. The number of aliphatic hydroxyl groups is 3. The fraction of sp³-hybridized carbons (Fsp3) is 0.174. The Balaban J connectivity index is 1.76. The number of aliphatic hydroxyl groups excluding tert-OH is 1. The van der Waals surface area contributed by atoms with Crippen molar-refractivity contribution in [2.45, 2.75) is 25.7 Å². The summed E-state index contributed by atoms with van der Waals surface area (Å²) >= 11 is 0. The van der Waals surface area contributed by atoms with Crippen LogP contribution in [0.25, 0.3) is 16.8 Å². The summed E-state index contributed by atoms with van der Waals surface area (Å²) in [5.41, 5.74) is 5.09. The molecular formula is C23H20F3N5O4. The lowest BCUT2D eigenvalue weighted by atomic mass is 10.1. The Morgan fingerprint density at radius 2 is 1.89 bits per heavy atom. The number of benzene rings is 2. The van der Waals surface area contributed by atoms with Crippen LogP contribution in [0, 0.1) is 24.4 Å². The third-order valence-corrected chi connectivity index (χ3v) is 5.29. The zero-order valence-corrected chi connectivity index (χ0v) is 18.4. The van der Waals surface area contributed by atoms with Gasteiger partial charge in [-0.25, -0.2) is 23.1 Å². The zero-order chi connectivity index (χ0) is 25.7. The van der Waals surface area contributed by atoms with Gasteiger partial charge < -0.3 is 26.4 Å². The molecule has 0 bridgehead atoms. The van der Waals surface area contributed by atoms with E-state index in [-0.39, 0.29) is 28.4 Å². The maximum absolute atomic E-state index is 15.2. The summed E-state index contributed by atoms with van der Waals surface area (Å²) in [6.45, 7) is 2.63. The van der Waals surface area contributed by atoms with Gasteiger partial charge in [0.2, 0.25) is 5.79 Å². The SMILES string of the molecule is Cc1cnc(N)c2c(-c3ccc(NC(=O)C(O)c4cccc(F)c4)c(F)c3F)nc(C(C)(O)O)n12. The maximum Gasteiger partial charge on any atom is 0.257 e. The number of nitrogens with two attached hydrogens (primary N) is 1. The molecule has 1 amide bonds. The van der Waals surface area contributed by atoms with E-state index < -0.39 is 46.5 Å². The van der Waals surface area contributed by atoms with Crippen molar-refractivity contribution in [3.8, 4) is 11.3 Å². The van der Waals surface area contributed by atoms with Crippen LogP contribution in [0.3, 0.4) is 0 Å². The van der Waals surface area contributed by atoms with Crippen LogP contribution in [-0.4, -0.2) is 35.6 Å². The van der Waals surface area contributed by atoms with Gasteiger partial charge in [0.15, 0.2) is 23.6 Å². The molecule has 4 aromatic rings. The molecular weight excluding hydrogens is 467 g/mol. The smallest absolute Gasteiger partial charge is 0.257 e. The quantitative estimate of drug-likeness (QED) is 0.272. The highest BCUT2D eigenvalue weighted by atomic mass is 19.2. The Morgan fingerprint density at radius 3 is 2.54 bits per heavy atom. The van der Waals surface area contributed by atoms with E-state index in [0.29, 0.717) is 5.69 Å². The number of fused-ring (bicyclic) bond motifs is 1. The fourth-order valence-corrected chi connectivity index (χ4v) is 3.65. The summed E-state index contributed by atoms with van der Waals surface area (Å²) in [6, 6.07) is 6.76. The molecule has 12 heteroatoms. The number of rotatable bonds is 5. The molecule has 0 aliphatic rings. The number of carbonyl (C=O) groups excluding carboxylic acids is 1. The topological polar surface area (TPSA) is 146 Å². The molecule has 2 heterocycles. The largest absolute Gasteiger partial charge is 0.382 e. The van der Waals surface area contributed by atoms with Gasteiger partial charge in [0.1, 0.15) is 22.8 Å². The third-order valence-electron chi connectivity index (χ3n) is 5.29. The number of halogens is 3. The highest BCUT2D eigenvalue weighted by molar-refractivity contribution is 5.95. The van der Waals surface area contributed by atoms with Crippen LogP contribution < -0.4 is 11.1 Å². The average Bonchev–Trinajstić information content (AvgIpc) is 3.21. The second kappa shape index (κ2) is 8.65. The lowest BCUT2D eigenvalue weighted by Crippen LogP contribution is -2.24. The highest BCUT2D eigenvalue weighted by Crippen LogP contribution is 2.35. The van der Waals surface area contributed by atoms with Gasteiger partial charge in [-0.15, -0.1) is 0 Å². The second-order valence-corrected chi connectivity index (χ2v) is 8.01. The summed E-state index contributed by atoms with van der Waals surface area (Å²) in [4.78, 5) is 20.4. The van der Waals surface area contributed by atoms with Gasteiger partial charge in [-0.3, -0.25) is 9.20 Å². The number of aryl methyl sites for hydroxylation is 1. The van der Waals surface area contributed by atoms with Gasteiger partial charge in [0, 0.05) is 17.5 Å². The van der Waals surface area contributed by atoms with Crippen molar-refractivity contribution in [3.05, 3.63) is 77.1 Å². The molecule has 35 heavy (non-hydrogen) atoms. The van der Waals surface area contributed by atoms with E-state index in [1.807, 2.05) is 0 Å². The van der Waals surface area contributed by atoms with Crippen molar-refractivity contribution in [1.29, 1.82) is 0 Å². The minimum Gasteiger partial charge on any atom is -0.382 e. The number of nitrogens with zero attached hydrogens (tertiary/aromatic N) is 3. The molecule has 0 aliphatic carbocycles. The van der Waals surface area contributed by atoms with E-state index in [9.17, 15) is 28.9 Å². The van der Waals surface area contributed by atoms with Gasteiger partial charge in [-0.1, -0.05) is 12.1 Å². The molecule has 0 aliphatic heterocycles. The van der Waals surface area contributed by atoms with Crippen LogP contribution >= 0.6 is 0 Å². The first-order valence-electron chi connectivity index (χ1n) is 10.2. The zero-order valence-electron chi connectivity index (χ0n) is 18.4. The van der Waals surface area contributed by atoms with Crippen LogP contribution in [0.4, 0.5) is 24.7 Å². The minimum atomic E-state index is -2.45. The van der Waals surface area contributed by atoms with Gasteiger partial charge in [-0.05, 0) is 43.7 Å². The Kier molecular flexibility index (Phi) is 5.97. The molecule has 0 saturated heterocycles. The first-order chi connectivity index (χ1) is 16.4. The lowest BCUT2D eigenvalue weighted by molar-refractivity contribution is -0.159. The highest BCUT2D eigenvalue weighted by Gasteiger charge is 2.31. The van der Waals surface area contributed by atoms with Crippen molar-refractivity contribution >= 4 is 22.9 Å². The molecule has 1 atom stereocenters. The second-order valence-electron chi connectivity index (χ2n) is 8.01. The number of anilines is 2. The van der Waals surface area contributed by atoms with Crippen molar-refractivity contribution < 1.29 is 33.3 Å². The van der Waals surface area contributed by atoms with Crippen LogP contribution in [0.1, 0.15) is 30.1 Å². The fourth-order valence-electron chi connectivity index (χ4n) is 3.65. The summed E-state index contributed by atoms with van der Waals surface area (Å²) in [5, 5.41) is 32.5. The number of imidazole rings is 1. The van der Waals surface area contributed by atoms with Crippen molar-refractivity contribution in [1.82, 2.24) is 14.4 Å². The van der Waals surface area contributed by atoms with Gasteiger partial charge in [-0.2, -0.15) is 0 Å². The molecule has 9 nitrogen and oxygen atoms in total. The molecule has 4 rings (SSSR count). The Bertz CT molecular complexity index is 1470. The molecule has 182 valence electrons. The van der Waals surface area contributed by atoms with Gasteiger partial charge in [0.25, 0.3) is 5.91 Å². The molecule has 0 saturated carbocycles. The number of hydrogen-bond donors (Lipinski definition) is 5. The average molecular weight is 487 g/mol. The molecule has 2 aromatic heterocycles. The van der Waals surface area contributed by atoms with Crippen molar-refractivity contribution in [2.24, 2.45) is 0 Å². The third kappa shape index (κ3) is 4.30. The van der Waals surface area contributed by atoms with E-state index in [0.717, 1.165) is 31.2 Å². The van der Waals surface area contributed by atoms with E-state index in [1.54, 1.807) is 6.92 Å². The first-order valence-corrected chi connectivity index (χ1v) is 10.2. The summed E-state index contributed by atoms with van der Waals surface area (Å²) in [5.74, 6) is -7.57. The minimum absolute atomic E-state index is 0.0194. The van der Waals surface area contributed by atoms with E-state index in [2.05, 4.69) is 15.3 Å². The Morgan fingerprint density at radius 1 is 1.17 bits per heavy atom. The Hall–Kier alpha value is -4.00. The summed E-state index contributed by atoms with van der Waals surface area (Å²) < 4.78 is 44.8. The number of carbonyl (C=O) groups is 1. The monoisotopic (exact) mass is 487 g/mol. The number of amides is 1. The molecule has 6 N–H and O–H groups in total. The molecule has 0 spiro atoms. The molecule has 0 fully saturated rings. The molecule has 2 aromatic carbocycles. The predicted molar refractivity (Wildman–Crippen MR) is 119 cm³/mol. The van der Waals surface area contributed by atoms with E-state index in [4.69, 9.17) is 5.73 Å². The van der Waals surface area contributed by atoms with Crippen LogP contribution in [0.5, 0.6) is 0 Å². The lowest BCUT2D eigenvalue weighted by Gasteiger charge is -2.15. The van der Waals surface area contributed by atoms with Gasteiger partial charge in [0.05, 0.1) is 5.69 Å². The van der Waals surface area contributed by atoms with Crippen molar-refractivity contribution in [3.63, 3.8) is 0 Å². The summed E-state index contributed by atoms with van der Waals surface area (Å²) in [6.07, 6.45) is -0.490. The van der Waals surface area contributed by atoms with Crippen LogP contribution in [0.15, 0.2) is 42.6 Å². The van der Waals surface area contributed by atoms with E-state index >= 15 is 4.39 Å². The van der Waals surface area contributed by atoms with Crippen LogP contribution in [-0.2, 0) is 10.6 Å². The standard InChI is InChI=1S/C23H20F3N5O4/c1-10-9-28-20(27)18-17(30-22(31(10)18)23(2,34)35)13-6-7-14(16(26)15(13)25)29-21(33)19(32)11-4-3-5-12(24)8-11/h3-9,19,32,34-35H,1-2H3,(H2,27,28)(H,29,33). The maximum atomic E-state index is 15.2.